The number of carbonyl (C=O) groups is 1. The van der Waals surface area contributed by atoms with E-state index < -0.39 is 53.7 Å². The number of benzene rings is 2. The molecular weight excluding hydrogens is 596 g/mol. The van der Waals surface area contributed by atoms with Gasteiger partial charge >= 0.3 is 21.6 Å². The second kappa shape index (κ2) is 13.0. The van der Waals surface area contributed by atoms with E-state index in [9.17, 15) is 30.8 Å². The first-order chi connectivity index (χ1) is 19.3. The molecule has 3 rings (SSSR count). The average molecular weight is 635 g/mol. The Morgan fingerprint density at radius 3 is 2.24 bits per heavy atom. The molecule has 0 spiro atoms. The quantitative estimate of drug-likeness (QED) is 0.0870. The van der Waals surface area contributed by atoms with Crippen LogP contribution in [0.4, 0.5) is 17.6 Å². The monoisotopic (exact) mass is 634 g/mol. The Morgan fingerprint density at radius 2 is 1.69 bits per heavy atom. The normalized spacial score (nSPS) is 20.8. The summed E-state index contributed by atoms with van der Waals surface area (Å²) >= 11 is 0. The number of rotatable bonds is 11. The Bertz CT molecular complexity index is 1320. The van der Waals surface area contributed by atoms with E-state index in [0.29, 0.717) is 16.9 Å². The number of alkyl halides is 3. The van der Waals surface area contributed by atoms with Crippen molar-refractivity contribution in [1.29, 1.82) is 0 Å². The van der Waals surface area contributed by atoms with Crippen molar-refractivity contribution in [2.75, 3.05) is 13.7 Å². The molecule has 7 nitrogen and oxygen atoms in total. The van der Waals surface area contributed by atoms with Gasteiger partial charge in [-0.25, -0.2) is 13.4 Å². The predicted octanol–water partition coefficient (Wildman–Crippen LogP) is 6.94. The largest absolute Gasteiger partial charge is 0.523 e. The van der Waals surface area contributed by atoms with Gasteiger partial charge in [-0.2, -0.15) is 21.6 Å². The molecular formula is C29H38F4O7SSi. The van der Waals surface area contributed by atoms with Crippen LogP contribution in [0.25, 0.3) is 0 Å². The van der Waals surface area contributed by atoms with Crippen LogP contribution in [0.2, 0.25) is 18.1 Å². The highest BCUT2D eigenvalue weighted by atomic mass is 32.2. The van der Waals surface area contributed by atoms with E-state index >= 15 is 0 Å². The van der Waals surface area contributed by atoms with Crippen molar-refractivity contribution in [2.45, 2.75) is 75.9 Å². The minimum atomic E-state index is -6.13. The number of hydrogen-bond acceptors (Lipinski definition) is 7. The van der Waals surface area contributed by atoms with Gasteiger partial charge in [0.05, 0.1) is 7.11 Å². The molecule has 0 radical (unpaired) electrons. The fraction of sp³-hybridized carbons (Fsp3) is 0.552. The van der Waals surface area contributed by atoms with Gasteiger partial charge in [-0.15, -0.1) is 0 Å². The first-order valence-corrected chi connectivity index (χ1v) is 17.8. The van der Waals surface area contributed by atoms with Gasteiger partial charge in [-0.1, -0.05) is 45.0 Å². The fourth-order valence-electron chi connectivity index (χ4n) is 4.74. The molecule has 2 aromatic carbocycles. The van der Waals surface area contributed by atoms with Gasteiger partial charge in [0.15, 0.2) is 14.4 Å². The third kappa shape index (κ3) is 8.33. The van der Waals surface area contributed by atoms with Crippen molar-refractivity contribution in [2.24, 2.45) is 11.8 Å². The van der Waals surface area contributed by atoms with Crippen molar-refractivity contribution in [3.05, 3.63) is 65.5 Å². The number of esters is 1. The van der Waals surface area contributed by atoms with Gasteiger partial charge in [-0.05, 0) is 84.1 Å². The molecule has 1 fully saturated rings. The van der Waals surface area contributed by atoms with E-state index in [-0.39, 0.29) is 37.0 Å². The Hall–Kier alpha value is -2.48. The van der Waals surface area contributed by atoms with Crippen LogP contribution >= 0.6 is 0 Å². The van der Waals surface area contributed by atoms with Gasteiger partial charge < -0.3 is 13.9 Å². The van der Waals surface area contributed by atoms with E-state index in [1.165, 1.54) is 25.3 Å². The third-order valence-electron chi connectivity index (χ3n) is 8.19. The van der Waals surface area contributed by atoms with Crippen LogP contribution < -0.4 is 4.74 Å². The van der Waals surface area contributed by atoms with E-state index in [0.717, 1.165) is 0 Å². The van der Waals surface area contributed by atoms with E-state index in [1.807, 2.05) is 0 Å². The van der Waals surface area contributed by atoms with Crippen molar-refractivity contribution in [1.82, 2.24) is 0 Å². The zero-order valence-corrected chi connectivity index (χ0v) is 26.4. The number of methoxy groups -OCH3 is 1. The second-order valence-electron chi connectivity index (χ2n) is 12.1. The molecule has 0 heterocycles. The molecule has 1 saturated carbocycles. The van der Waals surface area contributed by atoms with E-state index in [2.05, 4.69) is 38.0 Å². The average Bonchev–Trinajstić information content (AvgIpc) is 3.32. The molecule has 0 bridgehead atoms. The highest BCUT2D eigenvalue weighted by Crippen LogP contribution is 2.47. The van der Waals surface area contributed by atoms with Crippen molar-refractivity contribution in [3.63, 3.8) is 0 Å². The first-order valence-electron chi connectivity index (χ1n) is 13.5. The maximum Gasteiger partial charge on any atom is 0.523 e. The Morgan fingerprint density at radius 1 is 1.05 bits per heavy atom. The van der Waals surface area contributed by atoms with E-state index in [1.54, 1.807) is 30.3 Å². The van der Waals surface area contributed by atoms with Crippen LogP contribution in [0, 0.1) is 17.7 Å². The van der Waals surface area contributed by atoms with Crippen molar-refractivity contribution in [3.8, 4) is 5.75 Å². The van der Waals surface area contributed by atoms with Crippen LogP contribution in [0.3, 0.4) is 0 Å². The maximum absolute atomic E-state index is 14.2. The lowest BCUT2D eigenvalue weighted by molar-refractivity contribution is -0.156. The van der Waals surface area contributed by atoms with Gasteiger partial charge in [0.25, 0.3) is 0 Å². The zero-order valence-electron chi connectivity index (χ0n) is 24.5. The molecule has 4 unspecified atom stereocenters. The van der Waals surface area contributed by atoms with Gasteiger partial charge in [0.1, 0.15) is 18.2 Å². The Labute approximate surface area is 245 Å². The lowest BCUT2D eigenvalue weighted by Gasteiger charge is -2.37. The third-order valence-corrected chi connectivity index (χ3v) is 13.7. The maximum atomic E-state index is 14.2. The van der Waals surface area contributed by atoms with Crippen LogP contribution in [-0.2, 0) is 34.9 Å². The van der Waals surface area contributed by atoms with Crippen LogP contribution in [0.1, 0.15) is 50.7 Å². The van der Waals surface area contributed by atoms with Crippen molar-refractivity contribution < 1.29 is 48.9 Å². The molecule has 0 N–H and O–H groups in total. The summed E-state index contributed by atoms with van der Waals surface area (Å²) in [5.41, 5.74) is -4.66. The van der Waals surface area contributed by atoms with E-state index in [4.69, 9.17) is 13.9 Å². The number of ether oxygens (including phenoxy) is 2. The summed E-state index contributed by atoms with van der Waals surface area (Å²) < 4.78 is 99.7. The number of hydrogen-bond donors (Lipinski definition) is 0. The van der Waals surface area contributed by atoms with Crippen LogP contribution in [0.15, 0.2) is 48.5 Å². The highest BCUT2D eigenvalue weighted by Gasteiger charge is 2.53. The zero-order chi connectivity index (χ0) is 31.5. The summed E-state index contributed by atoms with van der Waals surface area (Å²) in [6, 6.07) is 12.2. The standard InChI is InChI=1S/C29H38F4O7SSi/c1-28(2,3)42(5,6)39-18-22-14-21(16-25(22)20-8-7-9-23(30)15-20)26(40-41(35,36)29(31,32)33)27(34)38-17-19-10-12-24(37-4)13-11-19/h7-13,15,21-22,25-26H,14,16-18H2,1-6H3. The summed E-state index contributed by atoms with van der Waals surface area (Å²) in [4.78, 5) is 13.2. The van der Waals surface area contributed by atoms with Gasteiger partial charge in [0, 0.05) is 6.61 Å². The Kier molecular flexibility index (Phi) is 10.5. The van der Waals surface area contributed by atoms with Crippen LogP contribution in [-0.4, -0.2) is 48.0 Å². The minimum absolute atomic E-state index is 0.0602. The van der Waals surface area contributed by atoms with Gasteiger partial charge in [-0.3, -0.25) is 0 Å². The molecule has 1 aliphatic rings. The van der Waals surface area contributed by atoms with Crippen molar-refractivity contribution >= 4 is 24.4 Å². The molecule has 0 saturated heterocycles. The second-order valence-corrected chi connectivity index (χ2v) is 18.5. The molecule has 0 amide bonds. The molecule has 13 heteroatoms. The van der Waals surface area contributed by atoms with Crippen LogP contribution in [0.5, 0.6) is 5.75 Å². The number of halogens is 4. The predicted molar refractivity (Wildman–Crippen MR) is 151 cm³/mol. The summed E-state index contributed by atoms with van der Waals surface area (Å²) in [5, 5.41) is -0.128. The smallest absolute Gasteiger partial charge is 0.497 e. The highest BCUT2D eigenvalue weighted by molar-refractivity contribution is 7.87. The molecule has 234 valence electrons. The molecule has 42 heavy (non-hydrogen) atoms. The lowest BCUT2D eigenvalue weighted by atomic mass is 9.89. The lowest BCUT2D eigenvalue weighted by Crippen LogP contribution is -2.42. The first kappa shape index (κ1) is 34.0. The topological polar surface area (TPSA) is 88.1 Å². The molecule has 2 aromatic rings. The van der Waals surface area contributed by atoms with Gasteiger partial charge in [0.2, 0.25) is 0 Å². The molecule has 0 aromatic heterocycles. The summed E-state index contributed by atoms with van der Waals surface area (Å²) in [7, 11) is -6.92. The Balaban J connectivity index is 1.91. The summed E-state index contributed by atoms with van der Waals surface area (Å²) in [6.07, 6.45) is -1.90. The fourth-order valence-corrected chi connectivity index (χ4v) is 6.42. The number of carbonyl (C=O) groups excluding carboxylic acids is 1. The minimum Gasteiger partial charge on any atom is -0.497 e. The SMILES string of the molecule is COc1ccc(COC(=O)C(OS(=O)(=O)C(F)(F)F)C2CC(CO[Si](C)(C)C(C)(C)C)C(c3cccc(F)c3)C2)cc1. The summed E-state index contributed by atoms with van der Waals surface area (Å²) in [6.45, 7) is 10.2. The molecule has 1 aliphatic carbocycles. The molecule has 4 atom stereocenters. The summed E-state index contributed by atoms with van der Waals surface area (Å²) in [5.74, 6) is -2.95. The molecule has 0 aliphatic heterocycles.